The summed E-state index contributed by atoms with van der Waals surface area (Å²) in [6.07, 6.45) is 3.34. The van der Waals surface area contributed by atoms with E-state index < -0.39 is 0 Å². The van der Waals surface area contributed by atoms with Crippen molar-refractivity contribution in [2.45, 2.75) is 34.6 Å². The van der Waals surface area contributed by atoms with Crippen LogP contribution in [-0.4, -0.2) is 0 Å². The normalized spacial score (nSPS) is 14.0. The van der Waals surface area contributed by atoms with Gasteiger partial charge in [0.25, 0.3) is 0 Å². The van der Waals surface area contributed by atoms with E-state index in [0.29, 0.717) is 11.8 Å². The van der Waals surface area contributed by atoms with E-state index in [0.717, 1.165) is 11.1 Å². The second-order valence-electron chi connectivity index (χ2n) is 4.21. The van der Waals surface area contributed by atoms with Gasteiger partial charge in [-0.2, -0.15) is 0 Å². The van der Waals surface area contributed by atoms with E-state index in [9.17, 15) is 4.39 Å². The molecule has 0 radical (unpaired) electrons. The topological polar surface area (TPSA) is 0 Å². The number of hydrogen-bond donors (Lipinski definition) is 0. The maximum absolute atomic E-state index is 12.6. The van der Waals surface area contributed by atoms with Gasteiger partial charge < -0.3 is 0 Å². The number of halogens is 1. The van der Waals surface area contributed by atoms with Crippen LogP contribution in [-0.2, 0) is 0 Å². The standard InChI is InChI=1S/C13H21F/c1-9(2)12(6)13(10(3)4)8-7-11(5)14/h7-10H,6H2,1-5H3/b11-7+,13-8-. The Balaban J connectivity index is 4.87. The maximum atomic E-state index is 12.6. The highest BCUT2D eigenvalue weighted by molar-refractivity contribution is 5.34. The summed E-state index contributed by atoms with van der Waals surface area (Å²) in [6.45, 7) is 13.9. The summed E-state index contributed by atoms with van der Waals surface area (Å²) in [5, 5.41) is 0. The third kappa shape index (κ3) is 4.40. The molecule has 0 saturated heterocycles. The molecule has 0 aliphatic heterocycles. The molecule has 0 atom stereocenters. The Labute approximate surface area is 87.2 Å². The minimum absolute atomic E-state index is 0.167. The number of hydrogen-bond acceptors (Lipinski definition) is 0. The lowest BCUT2D eigenvalue weighted by molar-refractivity contribution is 0.639. The van der Waals surface area contributed by atoms with Gasteiger partial charge in [-0.25, -0.2) is 4.39 Å². The van der Waals surface area contributed by atoms with Gasteiger partial charge in [0.15, 0.2) is 0 Å². The van der Waals surface area contributed by atoms with E-state index in [2.05, 4.69) is 34.3 Å². The van der Waals surface area contributed by atoms with Crippen LogP contribution in [0.25, 0.3) is 0 Å². The summed E-state index contributed by atoms with van der Waals surface area (Å²) in [5.74, 6) is 0.636. The quantitative estimate of drug-likeness (QED) is 0.574. The van der Waals surface area contributed by atoms with E-state index in [-0.39, 0.29) is 5.83 Å². The molecular formula is C13H21F. The van der Waals surface area contributed by atoms with Crippen molar-refractivity contribution >= 4 is 0 Å². The van der Waals surface area contributed by atoms with Crippen LogP contribution in [0.5, 0.6) is 0 Å². The van der Waals surface area contributed by atoms with Crippen LogP contribution in [0.3, 0.4) is 0 Å². The lowest BCUT2D eigenvalue weighted by Crippen LogP contribution is -2.02. The molecule has 0 bridgehead atoms. The van der Waals surface area contributed by atoms with Crippen molar-refractivity contribution in [3.05, 3.63) is 35.7 Å². The molecule has 14 heavy (non-hydrogen) atoms. The highest BCUT2D eigenvalue weighted by Crippen LogP contribution is 2.24. The molecule has 0 aliphatic rings. The summed E-state index contributed by atoms with van der Waals surface area (Å²) in [5.41, 5.74) is 2.23. The van der Waals surface area contributed by atoms with Crippen molar-refractivity contribution in [2.75, 3.05) is 0 Å². The van der Waals surface area contributed by atoms with Gasteiger partial charge >= 0.3 is 0 Å². The SMILES string of the molecule is C=C(/C(=C\C=C(/C)F)C(C)C)C(C)C. The fourth-order valence-electron chi connectivity index (χ4n) is 1.21. The Morgan fingerprint density at radius 2 is 1.57 bits per heavy atom. The van der Waals surface area contributed by atoms with Crippen molar-refractivity contribution in [1.29, 1.82) is 0 Å². The summed E-state index contributed by atoms with van der Waals surface area (Å²) in [4.78, 5) is 0. The Hall–Kier alpha value is -0.850. The Morgan fingerprint density at radius 3 is 1.86 bits per heavy atom. The highest BCUT2D eigenvalue weighted by Gasteiger charge is 2.09. The second-order valence-corrected chi connectivity index (χ2v) is 4.21. The molecule has 0 aromatic carbocycles. The van der Waals surface area contributed by atoms with Crippen LogP contribution >= 0.6 is 0 Å². The molecule has 0 rings (SSSR count). The average molecular weight is 196 g/mol. The van der Waals surface area contributed by atoms with Crippen molar-refractivity contribution in [2.24, 2.45) is 11.8 Å². The van der Waals surface area contributed by atoms with Gasteiger partial charge in [-0.3, -0.25) is 0 Å². The molecule has 0 N–H and O–H groups in total. The first-order chi connectivity index (χ1) is 6.36. The Kier molecular flexibility index (Phi) is 5.44. The predicted molar refractivity (Wildman–Crippen MR) is 61.8 cm³/mol. The summed E-state index contributed by atoms with van der Waals surface area (Å²) >= 11 is 0. The molecule has 0 aromatic heterocycles. The Bertz CT molecular complexity index is 250. The largest absolute Gasteiger partial charge is 0.212 e. The van der Waals surface area contributed by atoms with Crippen LogP contribution in [0.4, 0.5) is 4.39 Å². The zero-order valence-electron chi connectivity index (χ0n) is 9.89. The van der Waals surface area contributed by atoms with E-state index in [1.165, 1.54) is 13.0 Å². The second kappa shape index (κ2) is 5.79. The number of allylic oxidation sites excluding steroid dienone is 5. The van der Waals surface area contributed by atoms with Crippen molar-refractivity contribution < 1.29 is 4.39 Å². The molecule has 0 nitrogen and oxygen atoms in total. The van der Waals surface area contributed by atoms with Crippen LogP contribution in [0, 0.1) is 11.8 Å². The minimum atomic E-state index is -0.167. The van der Waals surface area contributed by atoms with Gasteiger partial charge in [0, 0.05) is 0 Å². The first kappa shape index (κ1) is 13.2. The van der Waals surface area contributed by atoms with Crippen LogP contribution in [0.2, 0.25) is 0 Å². The van der Waals surface area contributed by atoms with E-state index in [1.54, 1.807) is 0 Å². The lowest BCUT2D eigenvalue weighted by atomic mass is 9.89. The molecule has 0 heterocycles. The zero-order chi connectivity index (χ0) is 11.3. The van der Waals surface area contributed by atoms with Crippen LogP contribution in [0.1, 0.15) is 34.6 Å². The fourth-order valence-corrected chi connectivity index (χ4v) is 1.21. The molecule has 0 spiro atoms. The van der Waals surface area contributed by atoms with Crippen LogP contribution < -0.4 is 0 Å². The number of rotatable bonds is 4. The van der Waals surface area contributed by atoms with Gasteiger partial charge in [0.05, 0.1) is 5.83 Å². The fraction of sp³-hybridized carbons (Fsp3) is 0.538. The van der Waals surface area contributed by atoms with Gasteiger partial charge in [0.1, 0.15) is 0 Å². The maximum Gasteiger partial charge on any atom is 0.0968 e. The zero-order valence-corrected chi connectivity index (χ0v) is 9.89. The van der Waals surface area contributed by atoms with Gasteiger partial charge in [-0.05, 0) is 36.0 Å². The van der Waals surface area contributed by atoms with E-state index >= 15 is 0 Å². The molecule has 80 valence electrons. The lowest BCUT2D eigenvalue weighted by Gasteiger charge is -2.17. The highest BCUT2D eigenvalue weighted by atomic mass is 19.1. The third-order valence-corrected chi connectivity index (χ3v) is 2.18. The summed E-state index contributed by atoms with van der Waals surface area (Å²) in [7, 11) is 0. The van der Waals surface area contributed by atoms with Crippen molar-refractivity contribution in [3.63, 3.8) is 0 Å². The first-order valence-corrected chi connectivity index (χ1v) is 5.09. The summed E-state index contributed by atoms with van der Waals surface area (Å²) in [6, 6.07) is 0. The molecule has 0 aliphatic carbocycles. The van der Waals surface area contributed by atoms with Crippen molar-refractivity contribution in [1.82, 2.24) is 0 Å². The van der Waals surface area contributed by atoms with Crippen LogP contribution in [0.15, 0.2) is 35.7 Å². The smallest absolute Gasteiger partial charge is 0.0968 e. The van der Waals surface area contributed by atoms with Gasteiger partial charge in [-0.1, -0.05) is 40.3 Å². The molecule has 0 amide bonds. The van der Waals surface area contributed by atoms with E-state index in [1.807, 2.05) is 6.08 Å². The third-order valence-electron chi connectivity index (χ3n) is 2.18. The molecular weight excluding hydrogens is 175 g/mol. The molecule has 0 aromatic rings. The molecule has 0 saturated carbocycles. The molecule has 0 unspecified atom stereocenters. The van der Waals surface area contributed by atoms with Crippen molar-refractivity contribution in [3.8, 4) is 0 Å². The average Bonchev–Trinajstić information content (AvgIpc) is 2.02. The molecule has 0 fully saturated rings. The van der Waals surface area contributed by atoms with Gasteiger partial charge in [0.2, 0.25) is 0 Å². The molecule has 1 heteroatoms. The minimum Gasteiger partial charge on any atom is -0.212 e. The summed E-state index contributed by atoms with van der Waals surface area (Å²) < 4.78 is 12.6. The van der Waals surface area contributed by atoms with E-state index in [4.69, 9.17) is 0 Å². The Morgan fingerprint density at radius 1 is 1.07 bits per heavy atom. The van der Waals surface area contributed by atoms with Gasteiger partial charge in [-0.15, -0.1) is 0 Å². The monoisotopic (exact) mass is 196 g/mol. The first-order valence-electron chi connectivity index (χ1n) is 5.09. The predicted octanol–water partition coefficient (Wildman–Crippen LogP) is 4.65.